The van der Waals surface area contributed by atoms with E-state index in [0.717, 1.165) is 6.42 Å². The van der Waals surface area contributed by atoms with Crippen molar-refractivity contribution in [3.05, 3.63) is 0 Å². The van der Waals surface area contributed by atoms with Gasteiger partial charge in [0.15, 0.2) is 0 Å². The van der Waals surface area contributed by atoms with E-state index in [1.807, 2.05) is 6.92 Å². The van der Waals surface area contributed by atoms with Crippen LogP contribution in [0.15, 0.2) is 0 Å². The minimum atomic E-state index is -0.215. The molecule has 2 atom stereocenters. The van der Waals surface area contributed by atoms with Crippen LogP contribution in [0.25, 0.3) is 0 Å². The molecule has 0 aromatic heterocycles. The second kappa shape index (κ2) is 3.01. The van der Waals surface area contributed by atoms with Gasteiger partial charge in [-0.05, 0) is 6.92 Å². The summed E-state index contributed by atoms with van der Waals surface area (Å²) in [6, 6.07) is 0. The Balaban J connectivity index is 1.91. The van der Waals surface area contributed by atoms with E-state index in [-0.39, 0.29) is 5.97 Å². The van der Waals surface area contributed by atoms with Gasteiger partial charge in [-0.15, -0.1) is 0 Å². The normalized spacial score (nSPS) is 29.8. The predicted molar refractivity (Wildman–Crippen MR) is 35.6 cm³/mol. The van der Waals surface area contributed by atoms with Crippen LogP contribution < -0.4 is 0 Å². The highest BCUT2D eigenvalue weighted by molar-refractivity contribution is 5.65. The van der Waals surface area contributed by atoms with Gasteiger partial charge >= 0.3 is 5.97 Å². The number of hydrogen-bond acceptors (Lipinski definition) is 3. The molecule has 10 heavy (non-hydrogen) atoms. The molecule has 0 unspecified atom stereocenters. The Morgan fingerprint density at radius 1 is 1.70 bits per heavy atom. The second-order valence-corrected chi connectivity index (χ2v) is 2.51. The zero-order valence-electron chi connectivity index (χ0n) is 6.29. The minimum Gasteiger partial charge on any atom is -0.466 e. The van der Waals surface area contributed by atoms with E-state index >= 15 is 0 Å². The first kappa shape index (κ1) is 7.54. The molecule has 58 valence electrons. The van der Waals surface area contributed by atoms with E-state index in [1.165, 1.54) is 6.92 Å². The van der Waals surface area contributed by atoms with Crippen LogP contribution in [0.4, 0.5) is 0 Å². The molecule has 0 bridgehead atoms. The molecule has 1 rings (SSSR count). The van der Waals surface area contributed by atoms with Gasteiger partial charge in [0, 0.05) is 13.3 Å². The number of epoxide rings is 1. The third-order valence-corrected chi connectivity index (χ3v) is 1.54. The van der Waals surface area contributed by atoms with E-state index in [0.29, 0.717) is 18.8 Å². The summed E-state index contributed by atoms with van der Waals surface area (Å²) in [6.45, 7) is 3.92. The lowest BCUT2D eigenvalue weighted by Crippen LogP contribution is -2.03. The van der Waals surface area contributed by atoms with Crippen molar-refractivity contribution in [3.63, 3.8) is 0 Å². The Morgan fingerprint density at radius 2 is 2.30 bits per heavy atom. The van der Waals surface area contributed by atoms with Crippen LogP contribution >= 0.6 is 0 Å². The number of esters is 1. The molecular formula is C7H12O3. The molecular weight excluding hydrogens is 132 g/mol. The molecule has 0 aliphatic carbocycles. The molecule has 0 radical (unpaired) electrons. The summed E-state index contributed by atoms with van der Waals surface area (Å²) in [5.41, 5.74) is 0. The summed E-state index contributed by atoms with van der Waals surface area (Å²) in [6.07, 6.45) is 1.54. The van der Waals surface area contributed by atoms with Crippen LogP contribution in [-0.4, -0.2) is 24.8 Å². The van der Waals surface area contributed by atoms with Gasteiger partial charge in [-0.1, -0.05) is 0 Å². The van der Waals surface area contributed by atoms with Crippen molar-refractivity contribution in [1.29, 1.82) is 0 Å². The fourth-order valence-electron chi connectivity index (χ4n) is 0.852. The van der Waals surface area contributed by atoms with Crippen molar-refractivity contribution in [3.8, 4) is 0 Å². The number of ether oxygens (including phenoxy) is 2. The van der Waals surface area contributed by atoms with Gasteiger partial charge in [0.1, 0.15) is 0 Å². The first-order valence-corrected chi connectivity index (χ1v) is 3.49. The summed E-state index contributed by atoms with van der Waals surface area (Å²) < 4.78 is 9.83. The lowest BCUT2D eigenvalue weighted by atomic mass is 10.3. The first-order chi connectivity index (χ1) is 4.70. The Kier molecular flexibility index (Phi) is 2.27. The quantitative estimate of drug-likeness (QED) is 0.433. The number of carbonyl (C=O) groups excluding carboxylic acids is 1. The highest BCUT2D eigenvalue weighted by Gasteiger charge is 2.33. The topological polar surface area (TPSA) is 38.8 Å². The maximum atomic E-state index is 10.3. The molecule has 0 saturated carbocycles. The van der Waals surface area contributed by atoms with E-state index in [9.17, 15) is 4.79 Å². The average Bonchev–Trinajstić information content (AvgIpc) is 2.46. The predicted octanol–water partition coefficient (Wildman–Crippen LogP) is 0.727. The van der Waals surface area contributed by atoms with Crippen molar-refractivity contribution in [2.45, 2.75) is 32.5 Å². The Morgan fingerprint density at radius 3 is 2.70 bits per heavy atom. The van der Waals surface area contributed by atoms with Crippen LogP contribution in [0, 0.1) is 0 Å². The van der Waals surface area contributed by atoms with E-state index in [4.69, 9.17) is 9.47 Å². The fraction of sp³-hybridized carbons (Fsp3) is 0.857. The number of rotatable bonds is 3. The molecule has 0 N–H and O–H groups in total. The summed E-state index contributed by atoms with van der Waals surface area (Å²) in [5.74, 6) is -0.215. The molecule has 0 aromatic rings. The highest BCUT2D eigenvalue weighted by Crippen LogP contribution is 2.23. The van der Waals surface area contributed by atoms with E-state index in [2.05, 4.69) is 0 Å². The molecule has 1 saturated heterocycles. The summed E-state index contributed by atoms with van der Waals surface area (Å²) in [5, 5.41) is 0. The third-order valence-electron chi connectivity index (χ3n) is 1.54. The van der Waals surface area contributed by atoms with Crippen molar-refractivity contribution in [1.82, 2.24) is 0 Å². The lowest BCUT2D eigenvalue weighted by molar-refractivity contribution is -0.141. The van der Waals surface area contributed by atoms with Gasteiger partial charge in [0.05, 0.1) is 18.8 Å². The van der Waals surface area contributed by atoms with Gasteiger partial charge in [-0.25, -0.2) is 0 Å². The molecule has 1 aliphatic rings. The van der Waals surface area contributed by atoms with Crippen LogP contribution in [0.3, 0.4) is 0 Å². The molecule has 0 aromatic carbocycles. The van der Waals surface area contributed by atoms with Gasteiger partial charge in [0.25, 0.3) is 0 Å². The smallest absolute Gasteiger partial charge is 0.302 e. The Hall–Kier alpha value is -0.570. The molecule has 1 fully saturated rings. The van der Waals surface area contributed by atoms with Crippen molar-refractivity contribution >= 4 is 5.97 Å². The third kappa shape index (κ3) is 2.35. The molecule has 3 heteroatoms. The maximum Gasteiger partial charge on any atom is 0.302 e. The van der Waals surface area contributed by atoms with Crippen molar-refractivity contribution < 1.29 is 14.3 Å². The summed E-state index contributed by atoms with van der Waals surface area (Å²) in [4.78, 5) is 10.3. The van der Waals surface area contributed by atoms with Gasteiger partial charge in [0.2, 0.25) is 0 Å². The minimum absolute atomic E-state index is 0.215. The zero-order chi connectivity index (χ0) is 7.56. The van der Waals surface area contributed by atoms with Crippen molar-refractivity contribution in [2.24, 2.45) is 0 Å². The SMILES string of the molecule is CC(=O)OCC[C@@H]1O[C@H]1C. The first-order valence-electron chi connectivity index (χ1n) is 3.49. The molecule has 0 spiro atoms. The monoisotopic (exact) mass is 144 g/mol. The number of carbonyl (C=O) groups is 1. The number of hydrogen-bond donors (Lipinski definition) is 0. The van der Waals surface area contributed by atoms with Crippen LogP contribution in [-0.2, 0) is 14.3 Å². The molecule has 0 amide bonds. The summed E-state index contributed by atoms with van der Waals surface area (Å²) in [7, 11) is 0. The van der Waals surface area contributed by atoms with Gasteiger partial charge < -0.3 is 9.47 Å². The maximum absolute atomic E-state index is 10.3. The Bertz CT molecular complexity index is 133. The molecule has 1 aliphatic heterocycles. The van der Waals surface area contributed by atoms with Crippen LogP contribution in [0.5, 0.6) is 0 Å². The lowest BCUT2D eigenvalue weighted by Gasteiger charge is -1.96. The van der Waals surface area contributed by atoms with E-state index in [1.54, 1.807) is 0 Å². The van der Waals surface area contributed by atoms with Gasteiger partial charge in [-0.2, -0.15) is 0 Å². The highest BCUT2D eigenvalue weighted by atomic mass is 16.6. The molecule has 3 nitrogen and oxygen atoms in total. The largest absolute Gasteiger partial charge is 0.466 e. The zero-order valence-corrected chi connectivity index (χ0v) is 6.29. The van der Waals surface area contributed by atoms with Gasteiger partial charge in [-0.3, -0.25) is 4.79 Å². The molecule has 1 heterocycles. The van der Waals surface area contributed by atoms with Crippen LogP contribution in [0.2, 0.25) is 0 Å². The van der Waals surface area contributed by atoms with E-state index < -0.39 is 0 Å². The standard InChI is InChI=1S/C7H12O3/c1-5-7(10-5)3-4-9-6(2)8/h5,7H,3-4H2,1-2H3/t5-,7-/m0/s1. The van der Waals surface area contributed by atoms with Crippen LogP contribution in [0.1, 0.15) is 20.3 Å². The fourth-order valence-corrected chi connectivity index (χ4v) is 0.852. The summed E-state index contributed by atoms with van der Waals surface area (Å²) >= 11 is 0. The second-order valence-electron chi connectivity index (χ2n) is 2.51. The van der Waals surface area contributed by atoms with Crippen molar-refractivity contribution in [2.75, 3.05) is 6.61 Å². The average molecular weight is 144 g/mol. The Labute approximate surface area is 60.3 Å².